The topological polar surface area (TPSA) is 37.2 Å². The molecule has 1 aromatic heterocycles. The van der Waals surface area contributed by atoms with E-state index in [0.29, 0.717) is 6.04 Å². The Hall–Kier alpha value is -1.58. The number of benzene rings is 1. The molecule has 0 aliphatic rings. The smallest absolute Gasteiger partial charge is 0.0431 e. The summed E-state index contributed by atoms with van der Waals surface area (Å²) in [6, 6.07) is 14.9. The summed E-state index contributed by atoms with van der Waals surface area (Å²) in [5.74, 6) is 0. The predicted molar refractivity (Wildman–Crippen MR) is 77.8 cm³/mol. The number of hydrogen-bond donors (Lipinski definition) is 2. The standard InChI is InChI=1S/C16H22N2O/c1-18-11-5-9-15(18)13-17-16(10-6-12-19)14-7-3-2-4-8-14/h2-5,7-9,11,16-17,19H,6,10,12-13H2,1H3. The van der Waals surface area contributed by atoms with Crippen LogP contribution in [0.15, 0.2) is 48.7 Å². The molecule has 102 valence electrons. The van der Waals surface area contributed by atoms with Crippen LogP contribution < -0.4 is 5.32 Å². The number of nitrogens with zero attached hydrogens (tertiary/aromatic N) is 1. The van der Waals surface area contributed by atoms with E-state index < -0.39 is 0 Å². The van der Waals surface area contributed by atoms with E-state index in [1.54, 1.807) is 0 Å². The Morgan fingerprint density at radius 3 is 2.58 bits per heavy atom. The second kappa shape index (κ2) is 7.12. The first-order chi connectivity index (χ1) is 9.31. The molecule has 2 N–H and O–H groups in total. The number of aromatic nitrogens is 1. The molecule has 0 radical (unpaired) electrons. The average Bonchev–Trinajstić information content (AvgIpc) is 2.85. The van der Waals surface area contributed by atoms with Crippen molar-refractivity contribution in [1.29, 1.82) is 0 Å². The van der Waals surface area contributed by atoms with E-state index in [9.17, 15) is 0 Å². The van der Waals surface area contributed by atoms with Gasteiger partial charge < -0.3 is 15.0 Å². The fourth-order valence-corrected chi connectivity index (χ4v) is 2.28. The SMILES string of the molecule is Cn1cccc1CNC(CCCO)c1ccccc1. The highest BCUT2D eigenvalue weighted by Gasteiger charge is 2.10. The van der Waals surface area contributed by atoms with E-state index in [1.165, 1.54) is 11.3 Å². The Labute approximate surface area is 114 Å². The number of rotatable bonds is 7. The normalized spacial score (nSPS) is 12.5. The highest BCUT2D eigenvalue weighted by Crippen LogP contribution is 2.18. The predicted octanol–water partition coefficient (Wildman–Crippen LogP) is 2.63. The van der Waals surface area contributed by atoms with Crippen LogP contribution in [0.4, 0.5) is 0 Å². The molecule has 3 heteroatoms. The van der Waals surface area contributed by atoms with E-state index in [0.717, 1.165) is 19.4 Å². The van der Waals surface area contributed by atoms with Crippen molar-refractivity contribution < 1.29 is 5.11 Å². The molecule has 0 spiro atoms. The number of nitrogens with one attached hydrogen (secondary N) is 1. The van der Waals surface area contributed by atoms with Crippen LogP contribution >= 0.6 is 0 Å². The van der Waals surface area contributed by atoms with Crippen molar-refractivity contribution in [2.75, 3.05) is 6.61 Å². The van der Waals surface area contributed by atoms with E-state index in [4.69, 9.17) is 5.11 Å². The zero-order valence-electron chi connectivity index (χ0n) is 11.4. The van der Waals surface area contributed by atoms with Crippen molar-refractivity contribution in [2.45, 2.75) is 25.4 Å². The molecule has 1 aromatic carbocycles. The number of hydrogen-bond acceptors (Lipinski definition) is 2. The largest absolute Gasteiger partial charge is 0.396 e. The van der Waals surface area contributed by atoms with Gasteiger partial charge in [-0.25, -0.2) is 0 Å². The van der Waals surface area contributed by atoms with Crippen LogP contribution in [0, 0.1) is 0 Å². The Kier molecular flexibility index (Phi) is 5.19. The molecular weight excluding hydrogens is 236 g/mol. The molecule has 1 unspecified atom stereocenters. The van der Waals surface area contributed by atoms with Gasteiger partial charge in [0.25, 0.3) is 0 Å². The fraction of sp³-hybridized carbons (Fsp3) is 0.375. The minimum absolute atomic E-state index is 0.245. The van der Waals surface area contributed by atoms with Crippen molar-refractivity contribution in [3.05, 3.63) is 59.9 Å². The molecule has 1 atom stereocenters. The summed E-state index contributed by atoms with van der Waals surface area (Å²) in [5.41, 5.74) is 2.55. The van der Waals surface area contributed by atoms with Gasteiger partial charge in [-0.05, 0) is 30.5 Å². The van der Waals surface area contributed by atoms with Gasteiger partial charge in [-0.2, -0.15) is 0 Å². The first-order valence-electron chi connectivity index (χ1n) is 6.80. The Morgan fingerprint density at radius 1 is 1.16 bits per heavy atom. The van der Waals surface area contributed by atoms with Gasteiger partial charge >= 0.3 is 0 Å². The van der Waals surface area contributed by atoms with E-state index in [2.05, 4.69) is 59.5 Å². The minimum atomic E-state index is 0.245. The monoisotopic (exact) mass is 258 g/mol. The molecule has 1 heterocycles. The van der Waals surface area contributed by atoms with Crippen LogP contribution in [-0.4, -0.2) is 16.3 Å². The van der Waals surface area contributed by atoms with Gasteiger partial charge in [-0.1, -0.05) is 30.3 Å². The van der Waals surface area contributed by atoms with Crippen LogP contribution in [0.2, 0.25) is 0 Å². The average molecular weight is 258 g/mol. The minimum Gasteiger partial charge on any atom is -0.396 e. The molecule has 0 saturated heterocycles. The maximum atomic E-state index is 9.03. The summed E-state index contributed by atoms with van der Waals surface area (Å²) in [6.45, 7) is 1.09. The molecule has 19 heavy (non-hydrogen) atoms. The highest BCUT2D eigenvalue weighted by molar-refractivity contribution is 5.19. The zero-order valence-corrected chi connectivity index (χ0v) is 11.4. The lowest BCUT2D eigenvalue weighted by atomic mass is 10.0. The Morgan fingerprint density at radius 2 is 1.95 bits per heavy atom. The zero-order chi connectivity index (χ0) is 13.5. The maximum Gasteiger partial charge on any atom is 0.0431 e. The molecule has 3 nitrogen and oxygen atoms in total. The molecular formula is C16H22N2O. The third-order valence-electron chi connectivity index (χ3n) is 3.43. The molecule has 0 aliphatic carbocycles. The van der Waals surface area contributed by atoms with Crippen molar-refractivity contribution in [1.82, 2.24) is 9.88 Å². The van der Waals surface area contributed by atoms with Gasteiger partial charge in [-0.3, -0.25) is 0 Å². The van der Waals surface area contributed by atoms with Crippen LogP contribution in [0.5, 0.6) is 0 Å². The van der Waals surface area contributed by atoms with Gasteiger partial charge in [0.2, 0.25) is 0 Å². The third kappa shape index (κ3) is 3.94. The van der Waals surface area contributed by atoms with Crippen LogP contribution in [0.3, 0.4) is 0 Å². The summed E-state index contributed by atoms with van der Waals surface area (Å²) in [6.07, 6.45) is 3.83. The molecule has 0 fully saturated rings. The second-order valence-electron chi connectivity index (χ2n) is 4.82. The number of aliphatic hydroxyl groups is 1. The molecule has 0 bridgehead atoms. The second-order valence-corrected chi connectivity index (χ2v) is 4.82. The van der Waals surface area contributed by atoms with Gasteiger partial charge in [0.15, 0.2) is 0 Å². The van der Waals surface area contributed by atoms with Crippen molar-refractivity contribution in [3.8, 4) is 0 Å². The van der Waals surface area contributed by atoms with Crippen molar-refractivity contribution in [3.63, 3.8) is 0 Å². The summed E-state index contributed by atoms with van der Waals surface area (Å²) >= 11 is 0. The summed E-state index contributed by atoms with van der Waals surface area (Å²) < 4.78 is 2.13. The van der Waals surface area contributed by atoms with Crippen molar-refractivity contribution >= 4 is 0 Å². The lowest BCUT2D eigenvalue weighted by Crippen LogP contribution is -2.22. The Bertz CT molecular complexity index is 479. The van der Waals surface area contributed by atoms with Crippen molar-refractivity contribution in [2.24, 2.45) is 7.05 Å². The number of aliphatic hydroxyl groups excluding tert-OH is 1. The Balaban J connectivity index is 2.00. The third-order valence-corrected chi connectivity index (χ3v) is 3.43. The van der Waals surface area contributed by atoms with E-state index in [1.807, 2.05) is 6.07 Å². The lowest BCUT2D eigenvalue weighted by molar-refractivity contribution is 0.274. The maximum absolute atomic E-state index is 9.03. The van der Waals surface area contributed by atoms with Crippen LogP contribution in [0.25, 0.3) is 0 Å². The quantitative estimate of drug-likeness (QED) is 0.801. The van der Waals surface area contributed by atoms with Gasteiger partial charge in [0, 0.05) is 38.1 Å². The van der Waals surface area contributed by atoms with Gasteiger partial charge in [-0.15, -0.1) is 0 Å². The van der Waals surface area contributed by atoms with E-state index >= 15 is 0 Å². The fourth-order valence-electron chi connectivity index (χ4n) is 2.28. The van der Waals surface area contributed by atoms with Crippen LogP contribution in [-0.2, 0) is 13.6 Å². The van der Waals surface area contributed by atoms with E-state index in [-0.39, 0.29) is 6.61 Å². The first-order valence-corrected chi connectivity index (χ1v) is 6.80. The lowest BCUT2D eigenvalue weighted by Gasteiger charge is -2.19. The summed E-state index contributed by atoms with van der Waals surface area (Å²) in [4.78, 5) is 0. The molecule has 2 aromatic rings. The molecule has 0 amide bonds. The molecule has 0 aliphatic heterocycles. The number of aryl methyl sites for hydroxylation is 1. The summed E-state index contributed by atoms with van der Waals surface area (Å²) in [7, 11) is 2.06. The summed E-state index contributed by atoms with van der Waals surface area (Å²) in [5, 5.41) is 12.6. The first kappa shape index (κ1) is 13.8. The molecule has 2 rings (SSSR count). The van der Waals surface area contributed by atoms with Gasteiger partial charge in [0.1, 0.15) is 0 Å². The molecule has 0 saturated carbocycles. The van der Waals surface area contributed by atoms with Crippen LogP contribution in [0.1, 0.15) is 30.1 Å². The van der Waals surface area contributed by atoms with Gasteiger partial charge in [0.05, 0.1) is 0 Å². The highest BCUT2D eigenvalue weighted by atomic mass is 16.2.